The van der Waals surface area contributed by atoms with Crippen molar-refractivity contribution in [2.24, 2.45) is 0 Å². The molecule has 0 aliphatic heterocycles. The summed E-state index contributed by atoms with van der Waals surface area (Å²) >= 11 is 0. The van der Waals surface area contributed by atoms with E-state index in [4.69, 9.17) is 5.26 Å². The van der Waals surface area contributed by atoms with Crippen LogP contribution in [-0.2, 0) is 6.54 Å². The van der Waals surface area contributed by atoms with Crippen LogP contribution in [-0.4, -0.2) is 11.0 Å². The molecule has 3 nitrogen and oxygen atoms in total. The van der Waals surface area contributed by atoms with Gasteiger partial charge in [-0.3, -0.25) is 4.98 Å². The van der Waals surface area contributed by atoms with E-state index in [1.165, 1.54) is 5.56 Å². The Morgan fingerprint density at radius 3 is 3.00 bits per heavy atom. The van der Waals surface area contributed by atoms with Crippen LogP contribution in [0.3, 0.4) is 0 Å². The lowest BCUT2D eigenvalue weighted by molar-refractivity contribution is 0.503. The summed E-state index contributed by atoms with van der Waals surface area (Å²) in [7, 11) is 0. The lowest BCUT2D eigenvalue weighted by atomic mass is 10.1. The fourth-order valence-electron chi connectivity index (χ4n) is 1.43. The molecule has 1 aromatic heterocycles. The first-order valence-electron chi connectivity index (χ1n) is 5.28. The number of hydrogen-bond donors (Lipinski definition) is 1. The molecule has 1 N–H and O–H groups in total. The lowest BCUT2D eigenvalue weighted by Crippen LogP contribution is -2.27. The highest BCUT2D eigenvalue weighted by Gasteiger charge is 2.05. The van der Waals surface area contributed by atoms with Crippen molar-refractivity contribution in [1.29, 1.82) is 5.26 Å². The summed E-state index contributed by atoms with van der Waals surface area (Å²) in [4.78, 5) is 4.22. The third-order valence-corrected chi connectivity index (χ3v) is 2.53. The Bertz CT molecular complexity index is 341. The molecule has 0 radical (unpaired) electrons. The van der Waals surface area contributed by atoms with E-state index in [9.17, 15) is 0 Å². The highest BCUT2D eigenvalue weighted by molar-refractivity contribution is 5.17. The molecule has 3 heteroatoms. The maximum absolute atomic E-state index is 8.62. The van der Waals surface area contributed by atoms with Crippen molar-refractivity contribution < 1.29 is 0 Å². The molecule has 1 aromatic rings. The van der Waals surface area contributed by atoms with Crippen LogP contribution in [0.25, 0.3) is 0 Å². The van der Waals surface area contributed by atoms with Crippen LogP contribution in [0.4, 0.5) is 0 Å². The van der Waals surface area contributed by atoms with Crippen LogP contribution in [0.15, 0.2) is 18.3 Å². The topological polar surface area (TPSA) is 48.7 Å². The Kier molecular flexibility index (Phi) is 4.79. The van der Waals surface area contributed by atoms with Gasteiger partial charge in [-0.25, -0.2) is 0 Å². The highest BCUT2D eigenvalue weighted by Crippen LogP contribution is 2.05. The van der Waals surface area contributed by atoms with Gasteiger partial charge in [0, 0.05) is 24.5 Å². The smallest absolute Gasteiger partial charge is 0.0638 e. The molecule has 1 heterocycles. The number of aromatic nitrogens is 1. The Morgan fingerprint density at radius 2 is 2.40 bits per heavy atom. The first-order chi connectivity index (χ1) is 7.27. The molecule has 0 bridgehead atoms. The number of pyridine rings is 1. The maximum atomic E-state index is 8.62. The van der Waals surface area contributed by atoms with Gasteiger partial charge in [-0.15, -0.1) is 0 Å². The van der Waals surface area contributed by atoms with Crippen molar-refractivity contribution in [1.82, 2.24) is 10.3 Å². The van der Waals surface area contributed by atoms with Crippen molar-refractivity contribution in [2.75, 3.05) is 0 Å². The first-order valence-corrected chi connectivity index (χ1v) is 5.28. The normalized spacial score (nSPS) is 12.1. The van der Waals surface area contributed by atoms with Crippen molar-refractivity contribution in [3.05, 3.63) is 29.6 Å². The van der Waals surface area contributed by atoms with Crippen molar-refractivity contribution in [3.63, 3.8) is 0 Å². The molecule has 0 spiro atoms. The summed E-state index contributed by atoms with van der Waals surface area (Å²) in [6.07, 6.45) is 3.34. The largest absolute Gasteiger partial charge is 0.309 e. The van der Waals surface area contributed by atoms with Gasteiger partial charge in [-0.2, -0.15) is 5.26 Å². The molecule has 0 saturated heterocycles. The molecule has 0 fully saturated rings. The number of nitrogens with zero attached hydrogens (tertiary/aromatic N) is 2. The minimum atomic E-state index is 0.287. The number of aryl methyl sites for hydroxylation is 1. The standard InChI is InChI=1S/C12H17N3/c1-3-12(6-7-13)15-9-11-5-4-8-14-10(11)2/h4-5,8,12,15H,3,6,9H2,1-2H3/t12-/m1/s1. The van der Waals surface area contributed by atoms with Crippen LogP contribution in [0.1, 0.15) is 31.0 Å². The summed E-state index contributed by atoms with van der Waals surface area (Å²) in [6.45, 7) is 4.88. The molecular formula is C12H17N3. The SMILES string of the molecule is CC[C@H](CC#N)NCc1cccnc1C. The fraction of sp³-hybridized carbons (Fsp3) is 0.500. The molecule has 1 atom stereocenters. The molecule has 0 unspecified atom stereocenters. The van der Waals surface area contributed by atoms with E-state index in [2.05, 4.69) is 29.4 Å². The molecule has 0 aliphatic carbocycles. The van der Waals surface area contributed by atoms with E-state index in [-0.39, 0.29) is 6.04 Å². The van der Waals surface area contributed by atoms with Crippen molar-refractivity contribution >= 4 is 0 Å². The van der Waals surface area contributed by atoms with Gasteiger partial charge in [0.2, 0.25) is 0 Å². The highest BCUT2D eigenvalue weighted by atomic mass is 14.9. The zero-order valence-corrected chi connectivity index (χ0v) is 9.33. The molecule has 0 amide bonds. The Morgan fingerprint density at radius 1 is 1.60 bits per heavy atom. The summed E-state index contributed by atoms with van der Waals surface area (Å²) in [5.74, 6) is 0. The van der Waals surface area contributed by atoms with Gasteiger partial charge in [0.25, 0.3) is 0 Å². The second-order valence-corrected chi connectivity index (χ2v) is 3.60. The molecule has 80 valence electrons. The predicted molar refractivity (Wildman–Crippen MR) is 60.1 cm³/mol. The van der Waals surface area contributed by atoms with E-state index >= 15 is 0 Å². The summed E-state index contributed by atoms with van der Waals surface area (Å²) in [5.41, 5.74) is 2.26. The third-order valence-electron chi connectivity index (χ3n) is 2.53. The Labute approximate surface area is 91.1 Å². The van der Waals surface area contributed by atoms with Crippen molar-refractivity contribution in [3.8, 4) is 6.07 Å². The maximum Gasteiger partial charge on any atom is 0.0638 e. The molecule has 0 saturated carbocycles. The van der Waals surface area contributed by atoms with E-state index < -0.39 is 0 Å². The van der Waals surface area contributed by atoms with Gasteiger partial charge in [0.1, 0.15) is 0 Å². The van der Waals surface area contributed by atoms with Gasteiger partial charge < -0.3 is 5.32 Å². The fourth-order valence-corrected chi connectivity index (χ4v) is 1.43. The summed E-state index contributed by atoms with van der Waals surface area (Å²) in [6, 6.07) is 6.48. The van der Waals surface area contributed by atoms with Gasteiger partial charge in [-0.05, 0) is 25.0 Å². The van der Waals surface area contributed by atoms with Gasteiger partial charge in [-0.1, -0.05) is 13.0 Å². The first kappa shape index (κ1) is 11.7. The predicted octanol–water partition coefficient (Wildman–Crippen LogP) is 2.17. The quantitative estimate of drug-likeness (QED) is 0.797. The number of nitrogens with one attached hydrogen (secondary N) is 1. The van der Waals surface area contributed by atoms with Crippen LogP contribution < -0.4 is 5.32 Å². The average molecular weight is 203 g/mol. The second-order valence-electron chi connectivity index (χ2n) is 3.60. The Balaban J connectivity index is 2.49. The van der Waals surface area contributed by atoms with E-state index in [1.807, 2.05) is 13.0 Å². The zero-order valence-electron chi connectivity index (χ0n) is 9.33. The second kappa shape index (κ2) is 6.15. The lowest BCUT2D eigenvalue weighted by Gasteiger charge is -2.14. The number of nitriles is 1. The number of hydrogen-bond acceptors (Lipinski definition) is 3. The van der Waals surface area contributed by atoms with Crippen LogP contribution >= 0.6 is 0 Å². The summed E-state index contributed by atoms with van der Waals surface area (Å²) in [5, 5.41) is 12.0. The summed E-state index contributed by atoms with van der Waals surface area (Å²) < 4.78 is 0. The van der Waals surface area contributed by atoms with Gasteiger partial charge in [0.05, 0.1) is 12.5 Å². The zero-order chi connectivity index (χ0) is 11.1. The molecule has 0 aliphatic rings. The Hall–Kier alpha value is -1.40. The average Bonchev–Trinajstić information content (AvgIpc) is 2.26. The molecule has 15 heavy (non-hydrogen) atoms. The van der Waals surface area contributed by atoms with Crippen LogP contribution in [0, 0.1) is 18.3 Å². The minimum Gasteiger partial charge on any atom is -0.309 e. The molecule has 1 rings (SSSR count). The minimum absolute atomic E-state index is 0.287. The monoisotopic (exact) mass is 203 g/mol. The van der Waals surface area contributed by atoms with E-state index in [0.29, 0.717) is 6.42 Å². The van der Waals surface area contributed by atoms with Crippen LogP contribution in [0.2, 0.25) is 0 Å². The molecular weight excluding hydrogens is 186 g/mol. The number of rotatable bonds is 5. The molecule has 0 aromatic carbocycles. The third kappa shape index (κ3) is 3.69. The van der Waals surface area contributed by atoms with Crippen molar-refractivity contribution in [2.45, 2.75) is 39.3 Å². The van der Waals surface area contributed by atoms with E-state index in [1.54, 1.807) is 6.20 Å². The van der Waals surface area contributed by atoms with Crippen LogP contribution in [0.5, 0.6) is 0 Å². The van der Waals surface area contributed by atoms with E-state index in [0.717, 1.165) is 18.7 Å². The van der Waals surface area contributed by atoms with Gasteiger partial charge in [0.15, 0.2) is 0 Å². The van der Waals surface area contributed by atoms with Gasteiger partial charge >= 0.3 is 0 Å².